The van der Waals surface area contributed by atoms with Gasteiger partial charge < -0.3 is 9.83 Å². The number of anilines is 1. The molecule has 0 fully saturated rings. The lowest BCUT2D eigenvalue weighted by molar-refractivity contribution is 0.0686. The van der Waals surface area contributed by atoms with Crippen molar-refractivity contribution in [2.45, 2.75) is 26.7 Å². The molecule has 0 aliphatic carbocycles. The lowest BCUT2D eigenvalue weighted by atomic mass is 10.2. The minimum absolute atomic E-state index is 0.0244. The number of carbonyl (C=O) groups is 1. The third-order valence-corrected chi connectivity index (χ3v) is 4.33. The first-order valence-corrected chi connectivity index (χ1v) is 7.44. The van der Waals surface area contributed by atoms with Gasteiger partial charge in [0.2, 0.25) is 0 Å². The number of hydrogen-bond acceptors (Lipinski definition) is 2. The molecule has 0 radical (unpaired) electrons. The molecule has 0 saturated heterocycles. The Labute approximate surface area is 113 Å². The van der Waals surface area contributed by atoms with Gasteiger partial charge in [0.1, 0.15) is 11.4 Å². The highest BCUT2D eigenvalue weighted by atomic mass is 32.2. The molecule has 0 bridgehead atoms. The van der Waals surface area contributed by atoms with Crippen LogP contribution < -0.4 is 4.72 Å². The predicted octanol–water partition coefficient (Wildman–Crippen LogP) is 3.88. The van der Waals surface area contributed by atoms with E-state index >= 15 is 0 Å². The Morgan fingerprint density at radius 1 is 1.47 bits per heavy atom. The van der Waals surface area contributed by atoms with E-state index in [9.17, 15) is 13.6 Å². The second-order valence-corrected chi connectivity index (χ2v) is 5.85. The number of benzene rings is 1. The minimum atomic E-state index is -1.60. The van der Waals surface area contributed by atoms with Crippen molar-refractivity contribution < 1.29 is 18.7 Å². The lowest BCUT2D eigenvalue weighted by Gasteiger charge is -2.13. The maximum atomic E-state index is 13.9. The topological polar surface area (TPSA) is 49.3 Å². The van der Waals surface area contributed by atoms with E-state index in [1.165, 1.54) is 6.07 Å². The summed E-state index contributed by atoms with van der Waals surface area (Å²) in [6.45, 7) is 3.91. The van der Waals surface area contributed by atoms with Crippen molar-refractivity contribution in [3.8, 4) is 0 Å². The van der Waals surface area contributed by atoms with Gasteiger partial charge >= 0.3 is 5.97 Å². The van der Waals surface area contributed by atoms with Crippen molar-refractivity contribution in [3.05, 3.63) is 29.3 Å². The molecule has 1 aromatic carbocycles. The fraction of sp³-hybridized carbons (Fsp3) is 0.385. The normalized spacial score (nSPS) is 12.4. The zero-order valence-electron chi connectivity index (χ0n) is 10.9. The maximum absolute atomic E-state index is 13.9. The second-order valence-electron chi connectivity index (χ2n) is 3.91. The van der Waals surface area contributed by atoms with Gasteiger partial charge in [0, 0.05) is 5.75 Å². The lowest BCUT2D eigenvalue weighted by Crippen LogP contribution is -2.08. The maximum Gasteiger partial charge on any atom is 0.341 e. The van der Waals surface area contributed by atoms with Crippen LogP contribution in [-0.2, 0) is 0 Å². The number of aromatic carboxylic acids is 1. The summed E-state index contributed by atoms with van der Waals surface area (Å²) in [6, 6.07) is 2.19. The molecule has 0 spiro atoms. The molecule has 0 aliphatic heterocycles. The quantitative estimate of drug-likeness (QED) is 0.781. The third-order valence-electron chi connectivity index (χ3n) is 2.55. The Balaban J connectivity index is 3.02. The average molecular weight is 289 g/mol. The summed E-state index contributed by atoms with van der Waals surface area (Å²) in [7, 11) is -0.351. The standard InChI is InChI=1S/C13H17F2NO2S/c1-3-5-8-19(4-2)16-10-7-6-9(14)11(12(10)15)13(17)18/h4,6-7,16H,3,5,8H2,1-2H3,(H,17,18). The molecule has 6 heteroatoms. The van der Waals surface area contributed by atoms with Crippen LogP contribution in [0.2, 0.25) is 0 Å². The number of nitrogens with one attached hydrogen (secondary N) is 1. The molecule has 0 saturated carbocycles. The van der Waals surface area contributed by atoms with Crippen LogP contribution >= 0.6 is 10.7 Å². The molecule has 1 atom stereocenters. The smallest absolute Gasteiger partial charge is 0.341 e. The van der Waals surface area contributed by atoms with Crippen molar-refractivity contribution in [1.29, 1.82) is 0 Å². The summed E-state index contributed by atoms with van der Waals surface area (Å²) in [6.07, 6.45) is 2.00. The van der Waals surface area contributed by atoms with Crippen LogP contribution in [0.15, 0.2) is 12.1 Å². The predicted molar refractivity (Wildman–Crippen MR) is 76.0 cm³/mol. The monoisotopic (exact) mass is 289 g/mol. The zero-order chi connectivity index (χ0) is 14.4. The van der Waals surface area contributed by atoms with E-state index in [1.54, 1.807) is 0 Å². The van der Waals surface area contributed by atoms with Gasteiger partial charge in [-0.3, -0.25) is 0 Å². The molecule has 2 N–H and O–H groups in total. The van der Waals surface area contributed by atoms with Crippen LogP contribution in [-0.4, -0.2) is 22.2 Å². The van der Waals surface area contributed by atoms with E-state index in [0.717, 1.165) is 24.7 Å². The molecular weight excluding hydrogens is 272 g/mol. The number of unbranched alkanes of at least 4 members (excludes halogenated alkanes) is 1. The van der Waals surface area contributed by atoms with E-state index in [4.69, 9.17) is 5.11 Å². The van der Waals surface area contributed by atoms with E-state index in [0.29, 0.717) is 0 Å². The highest BCUT2D eigenvalue weighted by molar-refractivity contribution is 8.16. The van der Waals surface area contributed by atoms with Crippen LogP contribution in [0.4, 0.5) is 14.5 Å². The van der Waals surface area contributed by atoms with Gasteiger partial charge in [-0.1, -0.05) is 13.3 Å². The molecule has 1 rings (SSSR count). The molecule has 0 heterocycles. The fourth-order valence-electron chi connectivity index (χ4n) is 1.50. The summed E-state index contributed by atoms with van der Waals surface area (Å²) in [4.78, 5) is 10.8. The SMILES string of the molecule is C/C=S(\CCCC)Nc1ccc(F)c(C(=O)O)c1F. The van der Waals surface area contributed by atoms with Gasteiger partial charge in [-0.2, -0.15) is 0 Å². The van der Waals surface area contributed by atoms with Crippen LogP contribution in [0.25, 0.3) is 0 Å². The zero-order valence-corrected chi connectivity index (χ0v) is 11.7. The van der Waals surface area contributed by atoms with Crippen molar-refractivity contribution >= 4 is 27.7 Å². The van der Waals surface area contributed by atoms with Crippen molar-refractivity contribution in [2.24, 2.45) is 0 Å². The molecule has 3 nitrogen and oxygen atoms in total. The molecule has 0 aromatic heterocycles. The highest BCUT2D eigenvalue weighted by Gasteiger charge is 2.19. The van der Waals surface area contributed by atoms with E-state index in [-0.39, 0.29) is 16.4 Å². The minimum Gasteiger partial charge on any atom is -0.477 e. The van der Waals surface area contributed by atoms with Crippen molar-refractivity contribution in [2.75, 3.05) is 10.5 Å². The molecule has 1 unspecified atom stereocenters. The largest absolute Gasteiger partial charge is 0.477 e. The van der Waals surface area contributed by atoms with Gasteiger partial charge in [0.25, 0.3) is 0 Å². The van der Waals surface area contributed by atoms with Crippen LogP contribution in [0.3, 0.4) is 0 Å². The number of hydrogen-bond donors (Lipinski definition) is 2. The molecule has 19 heavy (non-hydrogen) atoms. The van der Waals surface area contributed by atoms with E-state index in [1.807, 2.05) is 12.3 Å². The van der Waals surface area contributed by atoms with E-state index in [2.05, 4.69) is 11.6 Å². The Hall–Kier alpha value is -1.43. The molecule has 0 aliphatic rings. The van der Waals surface area contributed by atoms with Gasteiger partial charge in [0.05, 0.1) is 5.69 Å². The summed E-state index contributed by atoms with van der Waals surface area (Å²) in [5, 5.41) is 10.7. The van der Waals surface area contributed by atoms with Crippen LogP contribution in [0.5, 0.6) is 0 Å². The summed E-state index contributed by atoms with van der Waals surface area (Å²) >= 11 is 0. The Morgan fingerprint density at radius 2 is 2.16 bits per heavy atom. The highest BCUT2D eigenvalue weighted by Crippen LogP contribution is 2.26. The Morgan fingerprint density at radius 3 is 2.68 bits per heavy atom. The molecule has 106 valence electrons. The first-order chi connectivity index (χ1) is 9.01. The van der Waals surface area contributed by atoms with Gasteiger partial charge in [-0.15, -0.1) is 10.7 Å². The van der Waals surface area contributed by atoms with Gasteiger partial charge in [0.15, 0.2) is 5.82 Å². The number of halogens is 2. The summed E-state index contributed by atoms with van der Waals surface area (Å²) in [5.74, 6) is -2.88. The first kappa shape index (κ1) is 15.6. The molecular formula is C13H17F2NO2S. The summed E-state index contributed by atoms with van der Waals surface area (Å²) in [5.41, 5.74) is -0.892. The number of carboxylic acid groups (broad SMARTS) is 1. The third kappa shape index (κ3) is 4.02. The van der Waals surface area contributed by atoms with Crippen molar-refractivity contribution in [3.63, 3.8) is 0 Å². The average Bonchev–Trinajstić information content (AvgIpc) is 2.36. The van der Waals surface area contributed by atoms with Crippen LogP contribution in [0.1, 0.15) is 37.0 Å². The number of carboxylic acids is 1. The van der Waals surface area contributed by atoms with Crippen molar-refractivity contribution in [1.82, 2.24) is 0 Å². The fourth-order valence-corrected chi connectivity index (χ4v) is 2.99. The van der Waals surface area contributed by atoms with E-state index < -0.39 is 23.2 Å². The van der Waals surface area contributed by atoms with Crippen LogP contribution in [0, 0.1) is 11.6 Å². The summed E-state index contributed by atoms with van der Waals surface area (Å²) < 4.78 is 30.1. The number of rotatable bonds is 6. The first-order valence-electron chi connectivity index (χ1n) is 5.98. The van der Waals surface area contributed by atoms with Gasteiger partial charge in [-0.05, 0) is 30.8 Å². The second kappa shape index (κ2) is 7.23. The Bertz CT molecular complexity index is 504. The van der Waals surface area contributed by atoms with Gasteiger partial charge in [-0.25, -0.2) is 13.6 Å². The Kier molecular flexibility index (Phi) is 5.95. The molecule has 0 amide bonds. The molecule has 1 aromatic rings.